The molecule has 7 nitrogen and oxygen atoms in total. The fourth-order valence-electron chi connectivity index (χ4n) is 2.70. The molecule has 3 N–H and O–H groups in total. The highest BCUT2D eigenvalue weighted by molar-refractivity contribution is 6.23. The third-order valence-corrected chi connectivity index (χ3v) is 4.48. The van der Waals surface area contributed by atoms with Crippen LogP contribution in [-0.2, 0) is 11.8 Å². The molecule has 1 heterocycles. The van der Waals surface area contributed by atoms with Gasteiger partial charge in [-0.1, -0.05) is 24.8 Å². The number of aryl methyl sites for hydroxylation is 1. The van der Waals surface area contributed by atoms with Crippen molar-refractivity contribution in [3.05, 3.63) is 77.9 Å². The van der Waals surface area contributed by atoms with Crippen molar-refractivity contribution in [2.45, 2.75) is 6.92 Å². The van der Waals surface area contributed by atoms with E-state index in [1.54, 1.807) is 19.2 Å². The molecule has 9 heteroatoms. The number of hydrogen-bond acceptors (Lipinski definition) is 4. The number of carbonyl (C=O) groups is 2. The fraction of sp³-hybridized carbons (Fsp3) is 0.0909. The molecular formula is C22H19F2N5O2. The van der Waals surface area contributed by atoms with E-state index in [9.17, 15) is 18.4 Å². The van der Waals surface area contributed by atoms with Crippen molar-refractivity contribution in [3.8, 4) is 11.3 Å². The standard InChI is InChI=1S/C22H19F2N5O2/c1-12(13(2)25)21(30)26-18-9-8-14(10-17(18)24)19-11-20(29(3)28-19)27-22(31)15-6-4-5-7-16(15)23/h4-11,25H,1H2,2-3H3,(H,26,30)(H,27,31). The summed E-state index contributed by atoms with van der Waals surface area (Å²) in [6, 6.07) is 11.2. The molecule has 158 valence electrons. The number of nitrogens with one attached hydrogen (secondary N) is 3. The molecule has 0 unspecified atom stereocenters. The van der Waals surface area contributed by atoms with Gasteiger partial charge in [0, 0.05) is 24.4 Å². The van der Waals surface area contributed by atoms with Crippen LogP contribution in [0.1, 0.15) is 17.3 Å². The summed E-state index contributed by atoms with van der Waals surface area (Å²) in [7, 11) is 1.58. The van der Waals surface area contributed by atoms with Gasteiger partial charge in [-0.05, 0) is 31.2 Å². The van der Waals surface area contributed by atoms with Crippen molar-refractivity contribution < 1.29 is 18.4 Å². The SMILES string of the molecule is C=C(C(C)=N)C(=O)Nc1ccc(-c2cc(NC(=O)c3ccccc3F)n(C)n2)cc1F. The Morgan fingerprint density at radius 2 is 1.77 bits per heavy atom. The molecule has 0 saturated heterocycles. The summed E-state index contributed by atoms with van der Waals surface area (Å²) < 4.78 is 29.7. The summed E-state index contributed by atoms with van der Waals surface area (Å²) in [5.74, 6) is -2.38. The Kier molecular flexibility index (Phi) is 6.05. The number of rotatable bonds is 6. The molecule has 0 aliphatic carbocycles. The number of nitrogens with zero attached hydrogens (tertiary/aromatic N) is 2. The first kappa shape index (κ1) is 21.6. The minimum absolute atomic E-state index is 0.0204. The molecule has 3 rings (SSSR count). The van der Waals surface area contributed by atoms with Crippen LogP contribution < -0.4 is 10.6 Å². The predicted molar refractivity (Wildman–Crippen MR) is 114 cm³/mol. The summed E-state index contributed by atoms with van der Waals surface area (Å²) in [5.41, 5.74) is 0.497. The lowest BCUT2D eigenvalue weighted by molar-refractivity contribution is -0.112. The maximum atomic E-state index is 14.5. The Morgan fingerprint density at radius 1 is 1.06 bits per heavy atom. The molecule has 3 aromatic rings. The van der Waals surface area contributed by atoms with Crippen molar-refractivity contribution in [1.29, 1.82) is 5.41 Å². The molecular weight excluding hydrogens is 404 g/mol. The predicted octanol–water partition coefficient (Wildman–Crippen LogP) is 4.15. The third kappa shape index (κ3) is 4.72. The van der Waals surface area contributed by atoms with Crippen molar-refractivity contribution >= 4 is 29.0 Å². The number of hydrogen-bond donors (Lipinski definition) is 3. The molecule has 31 heavy (non-hydrogen) atoms. The van der Waals surface area contributed by atoms with Crippen LogP contribution in [0, 0.1) is 17.0 Å². The number of carbonyl (C=O) groups excluding carboxylic acids is 2. The second-order valence-corrected chi connectivity index (χ2v) is 6.72. The van der Waals surface area contributed by atoms with Gasteiger partial charge in [0.1, 0.15) is 17.5 Å². The number of benzene rings is 2. The minimum Gasteiger partial charge on any atom is -0.319 e. The zero-order valence-corrected chi connectivity index (χ0v) is 16.8. The van der Waals surface area contributed by atoms with E-state index in [1.165, 1.54) is 48.0 Å². The molecule has 0 bridgehead atoms. The molecule has 0 saturated carbocycles. The van der Waals surface area contributed by atoms with Crippen LogP contribution in [-0.4, -0.2) is 27.3 Å². The quantitative estimate of drug-likeness (QED) is 0.410. The molecule has 0 aliphatic heterocycles. The van der Waals surface area contributed by atoms with E-state index in [1.807, 2.05) is 0 Å². The summed E-state index contributed by atoms with van der Waals surface area (Å²) in [5, 5.41) is 16.6. The van der Waals surface area contributed by atoms with Crippen LogP contribution >= 0.6 is 0 Å². The summed E-state index contributed by atoms with van der Waals surface area (Å²) in [6.45, 7) is 4.89. The molecule has 0 spiro atoms. The average molecular weight is 423 g/mol. The van der Waals surface area contributed by atoms with Gasteiger partial charge >= 0.3 is 0 Å². The van der Waals surface area contributed by atoms with Gasteiger partial charge in [-0.25, -0.2) is 8.78 Å². The monoisotopic (exact) mass is 423 g/mol. The van der Waals surface area contributed by atoms with Gasteiger partial charge in [0.05, 0.1) is 22.5 Å². The first-order chi connectivity index (χ1) is 14.7. The zero-order valence-electron chi connectivity index (χ0n) is 16.8. The maximum Gasteiger partial charge on any atom is 0.259 e. The molecule has 1 aromatic heterocycles. The van der Waals surface area contributed by atoms with Gasteiger partial charge in [-0.2, -0.15) is 5.10 Å². The molecule has 0 radical (unpaired) electrons. The van der Waals surface area contributed by atoms with Crippen LogP contribution in [0.3, 0.4) is 0 Å². The van der Waals surface area contributed by atoms with Gasteiger partial charge in [0.2, 0.25) is 0 Å². The number of amides is 2. The Morgan fingerprint density at radius 3 is 2.42 bits per heavy atom. The zero-order chi connectivity index (χ0) is 22.7. The lowest BCUT2D eigenvalue weighted by Gasteiger charge is -2.08. The maximum absolute atomic E-state index is 14.5. The van der Waals surface area contributed by atoms with Crippen LogP contribution in [0.4, 0.5) is 20.3 Å². The van der Waals surface area contributed by atoms with Gasteiger partial charge < -0.3 is 16.0 Å². The minimum atomic E-state index is -0.705. The van der Waals surface area contributed by atoms with E-state index in [4.69, 9.17) is 5.41 Å². The van der Waals surface area contributed by atoms with E-state index in [-0.39, 0.29) is 22.5 Å². The lowest BCUT2D eigenvalue weighted by Crippen LogP contribution is -2.18. The van der Waals surface area contributed by atoms with Crippen LogP contribution in [0.2, 0.25) is 0 Å². The van der Waals surface area contributed by atoms with Crippen LogP contribution in [0.15, 0.2) is 60.7 Å². The topological polar surface area (TPSA) is 99.9 Å². The van der Waals surface area contributed by atoms with Gasteiger partial charge in [-0.3, -0.25) is 14.3 Å². The molecule has 0 fully saturated rings. The Hall–Kier alpha value is -4.14. The van der Waals surface area contributed by atoms with Gasteiger partial charge in [0.25, 0.3) is 11.8 Å². The highest BCUT2D eigenvalue weighted by Crippen LogP contribution is 2.26. The summed E-state index contributed by atoms with van der Waals surface area (Å²) >= 11 is 0. The third-order valence-electron chi connectivity index (χ3n) is 4.48. The Bertz CT molecular complexity index is 1220. The van der Waals surface area contributed by atoms with Crippen LogP contribution in [0.25, 0.3) is 11.3 Å². The Labute approximate surface area is 176 Å². The first-order valence-electron chi connectivity index (χ1n) is 9.13. The highest BCUT2D eigenvalue weighted by atomic mass is 19.1. The van der Waals surface area contributed by atoms with E-state index in [2.05, 4.69) is 22.3 Å². The van der Waals surface area contributed by atoms with Crippen molar-refractivity contribution in [1.82, 2.24) is 9.78 Å². The Balaban J connectivity index is 1.80. The van der Waals surface area contributed by atoms with E-state index >= 15 is 0 Å². The van der Waals surface area contributed by atoms with Gasteiger partial charge in [-0.15, -0.1) is 0 Å². The number of anilines is 2. The van der Waals surface area contributed by atoms with E-state index in [0.717, 1.165) is 0 Å². The summed E-state index contributed by atoms with van der Waals surface area (Å²) in [4.78, 5) is 24.3. The highest BCUT2D eigenvalue weighted by Gasteiger charge is 2.16. The second-order valence-electron chi connectivity index (χ2n) is 6.72. The fourth-order valence-corrected chi connectivity index (χ4v) is 2.70. The molecule has 0 atom stereocenters. The molecule has 2 amide bonds. The lowest BCUT2D eigenvalue weighted by atomic mass is 10.1. The van der Waals surface area contributed by atoms with E-state index < -0.39 is 23.4 Å². The summed E-state index contributed by atoms with van der Waals surface area (Å²) in [6.07, 6.45) is 0. The first-order valence-corrected chi connectivity index (χ1v) is 9.13. The van der Waals surface area contributed by atoms with Crippen LogP contribution in [0.5, 0.6) is 0 Å². The smallest absolute Gasteiger partial charge is 0.259 e. The number of halogens is 2. The largest absolute Gasteiger partial charge is 0.319 e. The van der Waals surface area contributed by atoms with Gasteiger partial charge in [0.15, 0.2) is 0 Å². The molecule has 0 aliphatic rings. The normalized spacial score (nSPS) is 10.5. The number of aromatic nitrogens is 2. The molecule has 2 aromatic carbocycles. The van der Waals surface area contributed by atoms with Crippen molar-refractivity contribution in [2.24, 2.45) is 7.05 Å². The second kappa shape index (κ2) is 8.70. The van der Waals surface area contributed by atoms with E-state index in [0.29, 0.717) is 17.1 Å². The van der Waals surface area contributed by atoms with Crippen molar-refractivity contribution in [3.63, 3.8) is 0 Å². The average Bonchev–Trinajstić information content (AvgIpc) is 3.09. The van der Waals surface area contributed by atoms with Crippen molar-refractivity contribution in [2.75, 3.05) is 10.6 Å².